The first-order valence-corrected chi connectivity index (χ1v) is 10.7. The van der Waals surface area contributed by atoms with E-state index in [9.17, 15) is 0 Å². The van der Waals surface area contributed by atoms with Crippen LogP contribution in [0.25, 0.3) is 0 Å². The Morgan fingerprint density at radius 2 is 1.93 bits per heavy atom. The number of hydrogen-bond donors (Lipinski definition) is 2. The first-order valence-electron chi connectivity index (χ1n) is 10.3. The smallest absolute Gasteiger partial charge is 0.173 e. The van der Waals surface area contributed by atoms with Crippen LogP contribution in [0.3, 0.4) is 0 Å². The number of hydrogen-bond acceptors (Lipinski definition) is 2. The van der Waals surface area contributed by atoms with Crippen LogP contribution >= 0.6 is 12.2 Å². The molecule has 2 heterocycles. The average molecular weight is 387 g/mol. The largest absolute Gasteiger partial charge is 0.467 e. The van der Waals surface area contributed by atoms with E-state index in [1.165, 1.54) is 44.5 Å². The predicted octanol–water partition coefficient (Wildman–Crippen LogP) is 3.50. The lowest BCUT2D eigenvalue weighted by Crippen LogP contribution is -3.12. The molecule has 1 aliphatic heterocycles. The number of rotatable bonds is 8. The molecule has 3 rings (SSSR count). The Morgan fingerprint density at radius 1 is 1.15 bits per heavy atom. The molecule has 0 unspecified atom stereocenters. The molecule has 146 valence electrons. The van der Waals surface area contributed by atoms with Gasteiger partial charge in [0.15, 0.2) is 5.11 Å². The number of nitrogens with zero attached hydrogens (tertiary/aromatic N) is 1. The number of furan rings is 1. The number of thiocarbonyl (C=S) groups is 1. The van der Waals surface area contributed by atoms with E-state index in [1.54, 1.807) is 11.2 Å². The molecule has 0 spiro atoms. The summed E-state index contributed by atoms with van der Waals surface area (Å²) >= 11 is 5.73. The van der Waals surface area contributed by atoms with E-state index in [2.05, 4.69) is 41.4 Å². The monoisotopic (exact) mass is 386 g/mol. The number of piperidine rings is 1. The minimum absolute atomic E-state index is 0.710. The summed E-state index contributed by atoms with van der Waals surface area (Å²) in [7, 11) is 0. The second kappa shape index (κ2) is 10.5. The minimum atomic E-state index is 0.710. The standard InChI is InChI=1S/C22H31N3OS/c1-2-19-9-11-20(12-10-19)23-22(27)25(18-21-8-6-17-26-21)16-7-15-24-13-4-3-5-14-24/h6,8-12,17H,2-5,7,13-16,18H2,1H3,(H,23,27)/p+1. The van der Waals surface area contributed by atoms with Crippen LogP contribution in [0.2, 0.25) is 0 Å². The van der Waals surface area contributed by atoms with Gasteiger partial charge in [0.2, 0.25) is 0 Å². The van der Waals surface area contributed by atoms with Crippen molar-refractivity contribution in [3.8, 4) is 0 Å². The summed E-state index contributed by atoms with van der Waals surface area (Å²) in [6.45, 7) is 7.70. The third-order valence-corrected chi connectivity index (χ3v) is 5.71. The molecular weight excluding hydrogens is 354 g/mol. The topological polar surface area (TPSA) is 32.9 Å². The third-order valence-electron chi connectivity index (χ3n) is 5.35. The summed E-state index contributed by atoms with van der Waals surface area (Å²) < 4.78 is 5.56. The van der Waals surface area contributed by atoms with Gasteiger partial charge in [-0.3, -0.25) is 0 Å². The van der Waals surface area contributed by atoms with Crippen molar-refractivity contribution >= 4 is 23.0 Å². The van der Waals surface area contributed by atoms with Gasteiger partial charge in [-0.1, -0.05) is 19.1 Å². The van der Waals surface area contributed by atoms with Crippen molar-refractivity contribution < 1.29 is 9.32 Å². The van der Waals surface area contributed by atoms with Gasteiger partial charge in [0.1, 0.15) is 5.76 Å². The Morgan fingerprint density at radius 3 is 2.59 bits per heavy atom. The Labute approximate surface area is 168 Å². The molecule has 0 radical (unpaired) electrons. The predicted molar refractivity (Wildman–Crippen MR) is 115 cm³/mol. The number of nitrogens with one attached hydrogen (secondary N) is 2. The number of anilines is 1. The molecule has 2 N–H and O–H groups in total. The average Bonchev–Trinajstić information content (AvgIpc) is 3.22. The van der Waals surface area contributed by atoms with Gasteiger partial charge in [0.05, 0.1) is 32.4 Å². The maximum Gasteiger partial charge on any atom is 0.173 e. The molecule has 2 aromatic rings. The van der Waals surface area contributed by atoms with Gasteiger partial charge in [0, 0.05) is 18.7 Å². The molecule has 1 fully saturated rings. The fraction of sp³-hybridized carbons (Fsp3) is 0.500. The first-order chi connectivity index (χ1) is 13.2. The zero-order valence-corrected chi connectivity index (χ0v) is 17.2. The van der Waals surface area contributed by atoms with E-state index in [4.69, 9.17) is 16.6 Å². The summed E-state index contributed by atoms with van der Waals surface area (Å²) in [5.74, 6) is 0.950. The summed E-state index contributed by atoms with van der Waals surface area (Å²) in [5.41, 5.74) is 2.38. The van der Waals surface area contributed by atoms with Gasteiger partial charge in [-0.2, -0.15) is 0 Å². The fourth-order valence-electron chi connectivity index (χ4n) is 3.69. The number of likely N-dealkylation sites (tertiary alicyclic amines) is 1. The normalized spacial score (nSPS) is 14.9. The van der Waals surface area contributed by atoms with Gasteiger partial charge >= 0.3 is 0 Å². The Balaban J connectivity index is 1.56. The summed E-state index contributed by atoms with van der Waals surface area (Å²) in [4.78, 5) is 3.97. The molecule has 0 aliphatic carbocycles. The highest BCUT2D eigenvalue weighted by Gasteiger charge is 2.16. The van der Waals surface area contributed by atoms with Crippen LogP contribution < -0.4 is 10.2 Å². The number of quaternary nitrogens is 1. The zero-order valence-electron chi connectivity index (χ0n) is 16.4. The molecule has 27 heavy (non-hydrogen) atoms. The van der Waals surface area contributed by atoms with Gasteiger partial charge < -0.3 is 19.5 Å². The molecule has 4 nitrogen and oxygen atoms in total. The highest BCUT2D eigenvalue weighted by atomic mass is 32.1. The highest BCUT2D eigenvalue weighted by Crippen LogP contribution is 2.13. The van der Waals surface area contributed by atoms with Crippen molar-refractivity contribution in [1.29, 1.82) is 0 Å². The van der Waals surface area contributed by atoms with Crippen molar-refractivity contribution in [2.45, 2.75) is 45.6 Å². The molecule has 1 saturated heterocycles. The molecular formula is C22H32N3OS+. The number of aryl methyl sites for hydroxylation is 1. The summed E-state index contributed by atoms with van der Waals surface area (Å²) in [5, 5.41) is 4.17. The van der Waals surface area contributed by atoms with Crippen LogP contribution in [0.15, 0.2) is 47.1 Å². The third kappa shape index (κ3) is 6.36. The van der Waals surface area contributed by atoms with E-state index in [-0.39, 0.29) is 0 Å². The van der Waals surface area contributed by atoms with Crippen molar-refractivity contribution in [3.63, 3.8) is 0 Å². The highest BCUT2D eigenvalue weighted by molar-refractivity contribution is 7.80. The van der Waals surface area contributed by atoms with Crippen LogP contribution in [-0.4, -0.2) is 36.2 Å². The second-order valence-corrected chi connectivity index (χ2v) is 7.78. The molecule has 0 bridgehead atoms. The van der Waals surface area contributed by atoms with E-state index >= 15 is 0 Å². The molecule has 1 aromatic heterocycles. The van der Waals surface area contributed by atoms with Gasteiger partial charge in [-0.05, 0) is 67.7 Å². The molecule has 1 aliphatic rings. The Hall–Kier alpha value is -1.85. The van der Waals surface area contributed by atoms with Crippen LogP contribution in [-0.2, 0) is 13.0 Å². The second-order valence-electron chi connectivity index (χ2n) is 7.40. The fourth-order valence-corrected chi connectivity index (χ4v) is 3.96. The number of benzene rings is 1. The molecule has 0 saturated carbocycles. The maximum absolute atomic E-state index is 5.73. The van der Waals surface area contributed by atoms with Crippen molar-refractivity contribution in [3.05, 3.63) is 54.0 Å². The van der Waals surface area contributed by atoms with Gasteiger partial charge in [-0.15, -0.1) is 0 Å². The van der Waals surface area contributed by atoms with E-state index in [0.717, 1.165) is 35.9 Å². The molecule has 0 atom stereocenters. The lowest BCUT2D eigenvalue weighted by atomic mass is 10.1. The summed E-state index contributed by atoms with van der Waals surface area (Å²) in [6.07, 6.45) is 8.07. The summed E-state index contributed by atoms with van der Waals surface area (Å²) in [6, 6.07) is 12.5. The Bertz CT molecular complexity index is 678. The quantitative estimate of drug-likeness (QED) is 0.680. The molecule has 1 aromatic carbocycles. The van der Waals surface area contributed by atoms with Crippen LogP contribution in [0, 0.1) is 0 Å². The Kier molecular flexibility index (Phi) is 7.72. The SMILES string of the molecule is CCc1ccc(NC(=S)N(CCC[NH+]2CCCCC2)Cc2ccco2)cc1. The van der Waals surface area contributed by atoms with Crippen LogP contribution in [0.1, 0.15) is 43.9 Å². The maximum atomic E-state index is 5.73. The lowest BCUT2D eigenvalue weighted by molar-refractivity contribution is -0.905. The van der Waals surface area contributed by atoms with Gasteiger partial charge in [0.25, 0.3) is 0 Å². The minimum Gasteiger partial charge on any atom is -0.467 e. The van der Waals surface area contributed by atoms with E-state index < -0.39 is 0 Å². The van der Waals surface area contributed by atoms with Crippen molar-refractivity contribution in [2.24, 2.45) is 0 Å². The first kappa shape index (κ1) is 19.9. The van der Waals surface area contributed by atoms with Gasteiger partial charge in [-0.25, -0.2) is 0 Å². The zero-order chi connectivity index (χ0) is 18.9. The van der Waals surface area contributed by atoms with Crippen molar-refractivity contribution in [2.75, 3.05) is 31.5 Å². The van der Waals surface area contributed by atoms with Crippen LogP contribution in [0.5, 0.6) is 0 Å². The van der Waals surface area contributed by atoms with Crippen LogP contribution in [0.4, 0.5) is 5.69 Å². The van der Waals surface area contributed by atoms with Crippen molar-refractivity contribution in [1.82, 2.24) is 4.90 Å². The molecule has 0 amide bonds. The van der Waals surface area contributed by atoms with E-state index in [1.807, 2.05) is 12.1 Å². The lowest BCUT2D eigenvalue weighted by Gasteiger charge is -2.27. The molecule has 5 heteroatoms. The van der Waals surface area contributed by atoms with E-state index in [0.29, 0.717) is 6.54 Å².